The predicted octanol–water partition coefficient (Wildman–Crippen LogP) is 2.80. The first-order valence-electron chi connectivity index (χ1n) is 4.94. The van der Waals surface area contributed by atoms with Gasteiger partial charge in [0.25, 0.3) is 0 Å². The highest BCUT2D eigenvalue weighted by Gasteiger charge is 2.22. The first-order chi connectivity index (χ1) is 9.52. The fourth-order valence-corrected chi connectivity index (χ4v) is 2.35. The lowest BCUT2D eigenvalue weighted by atomic mass is 10.3. The average Bonchev–Trinajstić information content (AvgIpc) is 2.99. The molecule has 0 amide bonds. The van der Waals surface area contributed by atoms with Crippen LogP contribution in [0.15, 0.2) is 19.9 Å². The van der Waals surface area contributed by atoms with Gasteiger partial charge in [-0.25, -0.2) is 22.5 Å². The smallest absolute Gasteiger partial charge is 0.295 e. The number of benzene rings is 1. The van der Waals surface area contributed by atoms with Gasteiger partial charge in [-0.15, -0.1) is 3.89 Å². The van der Waals surface area contributed by atoms with Gasteiger partial charge in [0, 0.05) is 6.07 Å². The van der Waals surface area contributed by atoms with E-state index in [2.05, 4.69) is 35.6 Å². The first kappa shape index (κ1) is 13.2. The molecule has 20 heavy (non-hydrogen) atoms. The molecule has 2 heterocycles. The van der Waals surface area contributed by atoms with E-state index in [-0.39, 0.29) is 35.0 Å². The standard InChI is InChI=1S/C9H2BrF3N4O2S/c10-4-2(11)1-3-6(5(4)12)14-8(17(3)20-13)7-15-9(18)19-16-7/h1H,(H,15,16,18). The summed E-state index contributed by atoms with van der Waals surface area (Å²) < 4.78 is 45.1. The van der Waals surface area contributed by atoms with Gasteiger partial charge in [-0.2, -0.15) is 0 Å². The molecule has 1 aromatic carbocycles. The SMILES string of the molecule is O=c1[nH]c(-c2nc3c(F)c(Br)c(F)cc3n2SF)no1. The van der Waals surface area contributed by atoms with Crippen LogP contribution < -0.4 is 5.76 Å². The molecule has 0 radical (unpaired) electrons. The van der Waals surface area contributed by atoms with Crippen LogP contribution >= 0.6 is 28.3 Å². The van der Waals surface area contributed by atoms with Crippen molar-refractivity contribution < 1.29 is 17.2 Å². The molecule has 0 atom stereocenters. The average molecular weight is 367 g/mol. The second-order valence-electron chi connectivity index (χ2n) is 3.60. The van der Waals surface area contributed by atoms with Crippen LogP contribution in [0.5, 0.6) is 0 Å². The summed E-state index contributed by atoms with van der Waals surface area (Å²) in [6.45, 7) is 0. The van der Waals surface area contributed by atoms with Crippen LogP contribution in [0.25, 0.3) is 22.7 Å². The first-order valence-corrected chi connectivity index (χ1v) is 6.41. The van der Waals surface area contributed by atoms with Gasteiger partial charge in [0.05, 0.1) is 9.99 Å². The zero-order chi connectivity index (χ0) is 14.4. The van der Waals surface area contributed by atoms with Crippen molar-refractivity contribution in [1.29, 1.82) is 0 Å². The lowest BCUT2D eigenvalue weighted by Gasteiger charge is -2.00. The Morgan fingerprint density at radius 3 is 2.80 bits per heavy atom. The highest BCUT2D eigenvalue weighted by atomic mass is 79.9. The summed E-state index contributed by atoms with van der Waals surface area (Å²) in [4.78, 5) is 16.8. The summed E-state index contributed by atoms with van der Waals surface area (Å²) in [6, 6.07) is 0.907. The van der Waals surface area contributed by atoms with Gasteiger partial charge in [0.1, 0.15) is 11.3 Å². The summed E-state index contributed by atoms with van der Waals surface area (Å²) in [5.41, 5.74) is -0.420. The lowest BCUT2D eigenvalue weighted by Crippen LogP contribution is -1.97. The number of nitrogens with zero attached hydrogens (tertiary/aromatic N) is 3. The quantitative estimate of drug-likeness (QED) is 0.705. The molecule has 2 aromatic heterocycles. The Morgan fingerprint density at radius 1 is 1.45 bits per heavy atom. The van der Waals surface area contributed by atoms with Gasteiger partial charge in [-0.3, -0.25) is 9.51 Å². The molecule has 0 aliphatic rings. The Morgan fingerprint density at radius 2 is 2.20 bits per heavy atom. The van der Waals surface area contributed by atoms with Gasteiger partial charge < -0.3 is 0 Å². The Balaban J connectivity index is 2.39. The van der Waals surface area contributed by atoms with Gasteiger partial charge in [-0.1, -0.05) is 5.16 Å². The van der Waals surface area contributed by atoms with E-state index in [1.54, 1.807) is 0 Å². The van der Waals surface area contributed by atoms with Gasteiger partial charge in [-0.05, 0) is 15.9 Å². The van der Waals surface area contributed by atoms with Crippen molar-refractivity contribution in [2.24, 2.45) is 0 Å². The van der Waals surface area contributed by atoms with Crippen molar-refractivity contribution in [1.82, 2.24) is 19.1 Å². The molecule has 1 N–H and O–H groups in total. The van der Waals surface area contributed by atoms with Crippen LogP contribution in [0.1, 0.15) is 0 Å². The molecule has 0 aliphatic heterocycles. The third-order valence-corrected chi connectivity index (χ3v) is 3.70. The zero-order valence-electron chi connectivity index (χ0n) is 9.16. The largest absolute Gasteiger partial charge is 0.439 e. The van der Waals surface area contributed by atoms with Crippen molar-refractivity contribution in [2.75, 3.05) is 0 Å². The Labute approximate surface area is 120 Å². The lowest BCUT2D eigenvalue weighted by molar-refractivity contribution is 0.387. The molecule has 0 aliphatic carbocycles. The van der Waals surface area contributed by atoms with E-state index < -0.39 is 21.9 Å². The Hall–Kier alpha value is -1.75. The van der Waals surface area contributed by atoms with Crippen LogP contribution in [0.2, 0.25) is 0 Å². The maximum Gasteiger partial charge on any atom is 0.439 e. The van der Waals surface area contributed by atoms with Crippen LogP contribution in [-0.2, 0) is 0 Å². The molecule has 3 aromatic rings. The van der Waals surface area contributed by atoms with Crippen molar-refractivity contribution in [3.63, 3.8) is 0 Å². The number of aromatic amines is 1. The molecular weight excluding hydrogens is 365 g/mol. The molecule has 0 saturated carbocycles. The normalized spacial score (nSPS) is 11.4. The number of imidazole rings is 1. The summed E-state index contributed by atoms with van der Waals surface area (Å²) >= 11 is 2.39. The minimum absolute atomic E-state index is 0.144. The topological polar surface area (TPSA) is 76.7 Å². The number of nitrogens with one attached hydrogen (secondary N) is 1. The fraction of sp³-hybridized carbons (Fsp3) is 0. The number of H-pyrrole nitrogens is 1. The van der Waals surface area contributed by atoms with E-state index in [0.717, 1.165) is 10.0 Å². The molecule has 104 valence electrons. The molecule has 11 heteroatoms. The van der Waals surface area contributed by atoms with Gasteiger partial charge in [0.15, 0.2) is 24.0 Å². The molecular formula is C9H2BrF3N4O2S. The number of aromatic nitrogens is 4. The molecule has 0 unspecified atom stereocenters. The number of hydrogen-bond donors (Lipinski definition) is 1. The number of hydrogen-bond acceptors (Lipinski definition) is 5. The maximum atomic E-state index is 13.9. The highest BCUT2D eigenvalue weighted by Crippen LogP contribution is 2.33. The second kappa shape index (κ2) is 4.66. The van der Waals surface area contributed by atoms with Crippen molar-refractivity contribution >= 4 is 39.3 Å². The number of rotatable bonds is 2. The van der Waals surface area contributed by atoms with Crippen molar-refractivity contribution in [3.05, 3.63) is 32.7 Å². The van der Waals surface area contributed by atoms with Crippen LogP contribution in [0.4, 0.5) is 12.7 Å². The Kier molecular flexibility index (Phi) is 3.09. The highest BCUT2D eigenvalue weighted by molar-refractivity contribution is 9.10. The fourth-order valence-electron chi connectivity index (χ4n) is 1.64. The minimum Gasteiger partial charge on any atom is -0.295 e. The summed E-state index contributed by atoms with van der Waals surface area (Å²) in [5.74, 6) is -3.19. The minimum atomic E-state index is -0.986. The number of fused-ring (bicyclic) bond motifs is 1. The summed E-state index contributed by atoms with van der Waals surface area (Å²) in [6.07, 6.45) is 0. The van der Waals surface area contributed by atoms with E-state index in [1.807, 2.05) is 0 Å². The van der Waals surface area contributed by atoms with E-state index in [1.165, 1.54) is 0 Å². The third kappa shape index (κ3) is 1.85. The zero-order valence-corrected chi connectivity index (χ0v) is 11.6. The molecule has 0 bridgehead atoms. The molecule has 6 nitrogen and oxygen atoms in total. The molecule has 3 rings (SSSR count). The maximum absolute atomic E-state index is 13.9. The van der Waals surface area contributed by atoms with Crippen LogP contribution in [0.3, 0.4) is 0 Å². The van der Waals surface area contributed by atoms with Crippen molar-refractivity contribution in [2.45, 2.75) is 0 Å². The molecule has 0 fully saturated rings. The second-order valence-corrected chi connectivity index (χ2v) is 4.89. The van der Waals surface area contributed by atoms with E-state index in [0.29, 0.717) is 0 Å². The van der Waals surface area contributed by atoms with E-state index in [9.17, 15) is 17.5 Å². The molecule has 0 spiro atoms. The molecule has 0 saturated heterocycles. The number of halogens is 4. The monoisotopic (exact) mass is 366 g/mol. The predicted molar refractivity (Wildman–Crippen MR) is 67.6 cm³/mol. The van der Waals surface area contributed by atoms with Gasteiger partial charge >= 0.3 is 5.76 Å². The van der Waals surface area contributed by atoms with Crippen LogP contribution in [0, 0.1) is 11.6 Å². The summed E-state index contributed by atoms with van der Waals surface area (Å²) in [7, 11) is 0. The van der Waals surface area contributed by atoms with E-state index in [4.69, 9.17) is 0 Å². The van der Waals surface area contributed by atoms with Gasteiger partial charge in [0.2, 0.25) is 5.82 Å². The third-order valence-electron chi connectivity index (χ3n) is 2.47. The van der Waals surface area contributed by atoms with E-state index >= 15 is 0 Å². The Bertz CT molecular complexity index is 874. The summed E-state index contributed by atoms with van der Waals surface area (Å²) in [5, 5.41) is 3.33. The van der Waals surface area contributed by atoms with Crippen LogP contribution in [-0.4, -0.2) is 19.1 Å². The van der Waals surface area contributed by atoms with Crippen molar-refractivity contribution in [3.8, 4) is 11.6 Å².